The highest BCUT2D eigenvalue weighted by molar-refractivity contribution is 5.86. The summed E-state index contributed by atoms with van der Waals surface area (Å²) in [5.74, 6) is 1.64. The van der Waals surface area contributed by atoms with Gasteiger partial charge < -0.3 is 28.4 Å². The Morgan fingerprint density at radius 2 is 1.10 bits per heavy atom. The molecule has 2 aliphatic rings. The summed E-state index contributed by atoms with van der Waals surface area (Å²) in [4.78, 5) is 0. The largest absolute Gasteiger partial charge is 0.491 e. The first-order valence-electron chi connectivity index (χ1n) is 14.2. The molecule has 1 heterocycles. The zero-order chi connectivity index (χ0) is 27.9. The van der Waals surface area contributed by atoms with Crippen LogP contribution in [0.3, 0.4) is 0 Å². The minimum Gasteiger partial charge on any atom is -0.491 e. The first-order valence-corrected chi connectivity index (χ1v) is 14.2. The van der Waals surface area contributed by atoms with E-state index in [9.17, 15) is 0 Å². The van der Waals surface area contributed by atoms with Gasteiger partial charge in [0.2, 0.25) is 0 Å². The average molecular weight is 553 g/mol. The molecule has 1 aliphatic carbocycles. The van der Waals surface area contributed by atoms with Crippen molar-refractivity contribution in [1.29, 1.82) is 0 Å². The monoisotopic (exact) mass is 552 g/mol. The van der Waals surface area contributed by atoms with Crippen molar-refractivity contribution in [1.82, 2.24) is 0 Å². The quantitative estimate of drug-likeness (QED) is 0.119. The summed E-state index contributed by atoms with van der Waals surface area (Å²) in [6, 6.07) is 34.4. The summed E-state index contributed by atoms with van der Waals surface area (Å²) in [5.41, 5.74) is 6.95. The van der Waals surface area contributed by atoms with Gasteiger partial charge in [0.1, 0.15) is 30.8 Å². The van der Waals surface area contributed by atoms with Crippen molar-refractivity contribution in [2.45, 2.75) is 11.5 Å². The first-order chi connectivity index (χ1) is 20.3. The minimum absolute atomic E-state index is 0.267. The van der Waals surface area contributed by atoms with E-state index in [0.717, 1.165) is 18.1 Å². The third-order valence-corrected chi connectivity index (χ3v) is 7.66. The number of ether oxygens (including phenoxy) is 6. The fraction of sp³-hybridized carbons (Fsp3) is 0.314. The molecule has 0 amide bonds. The lowest BCUT2D eigenvalue weighted by Crippen LogP contribution is -2.28. The fourth-order valence-corrected chi connectivity index (χ4v) is 5.69. The Balaban J connectivity index is 1.28. The topological polar surface area (TPSA) is 58.7 Å². The molecule has 6 heteroatoms. The van der Waals surface area contributed by atoms with Gasteiger partial charge in [-0.05, 0) is 57.6 Å². The van der Waals surface area contributed by atoms with Crippen molar-refractivity contribution in [2.24, 2.45) is 0 Å². The summed E-state index contributed by atoms with van der Waals surface area (Å²) < 4.78 is 33.3. The predicted molar refractivity (Wildman–Crippen MR) is 158 cm³/mol. The molecule has 1 aliphatic heterocycles. The maximum absolute atomic E-state index is 5.99. The van der Waals surface area contributed by atoms with Crippen LogP contribution in [0.1, 0.15) is 22.3 Å². The molecule has 4 aromatic rings. The van der Waals surface area contributed by atoms with Crippen LogP contribution in [0.15, 0.2) is 97.1 Å². The van der Waals surface area contributed by atoms with Crippen molar-refractivity contribution >= 4 is 0 Å². The molecule has 0 aromatic heterocycles. The van der Waals surface area contributed by atoms with E-state index in [0.29, 0.717) is 46.2 Å². The molecule has 1 saturated heterocycles. The minimum atomic E-state index is -0.471. The standard InChI is InChI=1S/C35H36O6/c1-36-18-19-37-20-22-39-28-14-10-26(11-15-28)35(33-8-4-2-6-31(33)32-7-3-5-9-34(32)35)27-12-16-29(17-13-27)40-23-21-38-24-30-25-41-30/h2-17,30H,18-25H2,1H3. The smallest absolute Gasteiger partial charge is 0.119 e. The highest BCUT2D eigenvalue weighted by atomic mass is 16.6. The second-order valence-electron chi connectivity index (χ2n) is 10.2. The van der Waals surface area contributed by atoms with E-state index in [1.165, 1.54) is 33.4 Å². The van der Waals surface area contributed by atoms with Crippen molar-refractivity contribution < 1.29 is 28.4 Å². The van der Waals surface area contributed by atoms with Gasteiger partial charge in [-0.1, -0.05) is 72.8 Å². The van der Waals surface area contributed by atoms with E-state index >= 15 is 0 Å². The lowest BCUT2D eigenvalue weighted by atomic mass is 9.68. The highest BCUT2D eigenvalue weighted by Gasteiger charge is 2.45. The summed E-state index contributed by atoms with van der Waals surface area (Å²) in [6.45, 7) is 4.63. The lowest BCUT2D eigenvalue weighted by molar-refractivity contribution is 0.0544. The zero-order valence-corrected chi connectivity index (χ0v) is 23.4. The van der Waals surface area contributed by atoms with Crippen LogP contribution in [0, 0.1) is 0 Å². The van der Waals surface area contributed by atoms with Gasteiger partial charge in [0, 0.05) is 7.11 Å². The highest BCUT2D eigenvalue weighted by Crippen LogP contribution is 2.56. The Kier molecular flexibility index (Phi) is 8.63. The number of hydrogen-bond acceptors (Lipinski definition) is 6. The van der Waals surface area contributed by atoms with Crippen LogP contribution >= 0.6 is 0 Å². The normalized spacial score (nSPS) is 16.2. The first kappa shape index (κ1) is 27.5. The lowest BCUT2D eigenvalue weighted by Gasteiger charge is -2.34. The van der Waals surface area contributed by atoms with Gasteiger partial charge in [0.15, 0.2) is 0 Å². The molecule has 1 fully saturated rings. The van der Waals surface area contributed by atoms with Crippen LogP contribution < -0.4 is 9.47 Å². The molecule has 41 heavy (non-hydrogen) atoms. The Morgan fingerprint density at radius 3 is 1.61 bits per heavy atom. The number of hydrogen-bond donors (Lipinski definition) is 0. The van der Waals surface area contributed by atoms with Crippen LogP contribution in [0.25, 0.3) is 11.1 Å². The van der Waals surface area contributed by atoms with Crippen molar-refractivity contribution in [3.8, 4) is 22.6 Å². The molecular weight excluding hydrogens is 516 g/mol. The molecule has 1 atom stereocenters. The van der Waals surface area contributed by atoms with E-state index in [-0.39, 0.29) is 6.10 Å². The Morgan fingerprint density at radius 1 is 0.610 bits per heavy atom. The van der Waals surface area contributed by atoms with Gasteiger partial charge in [0.05, 0.1) is 45.1 Å². The van der Waals surface area contributed by atoms with Crippen LogP contribution in [-0.4, -0.2) is 66.1 Å². The second kappa shape index (κ2) is 12.9. The Hall–Kier alpha value is -3.68. The third kappa shape index (κ3) is 5.88. The second-order valence-corrected chi connectivity index (χ2v) is 10.2. The average Bonchev–Trinajstić information content (AvgIpc) is 3.80. The number of methoxy groups -OCH3 is 1. The van der Waals surface area contributed by atoms with Gasteiger partial charge >= 0.3 is 0 Å². The zero-order valence-electron chi connectivity index (χ0n) is 23.4. The SMILES string of the molecule is COCCOCCOc1ccc(C2(c3ccc(OCCOCC4CO4)cc3)c3ccccc3-c3ccccc32)cc1. The molecule has 4 aromatic carbocycles. The number of fused-ring (bicyclic) bond motifs is 3. The number of epoxide rings is 1. The van der Waals surface area contributed by atoms with Gasteiger partial charge in [-0.2, -0.15) is 0 Å². The van der Waals surface area contributed by atoms with Gasteiger partial charge in [-0.25, -0.2) is 0 Å². The molecule has 212 valence electrons. The van der Waals surface area contributed by atoms with Crippen LogP contribution in [0.5, 0.6) is 11.5 Å². The molecule has 0 bridgehead atoms. The molecular formula is C35H36O6. The number of rotatable bonds is 15. The molecule has 6 nitrogen and oxygen atoms in total. The Bertz CT molecular complexity index is 1370. The van der Waals surface area contributed by atoms with Gasteiger partial charge in [0.25, 0.3) is 0 Å². The predicted octanol–water partition coefficient (Wildman–Crippen LogP) is 5.89. The Labute approximate surface area is 241 Å². The molecule has 0 saturated carbocycles. The summed E-state index contributed by atoms with van der Waals surface area (Å²) in [7, 11) is 1.67. The van der Waals surface area contributed by atoms with Crippen molar-refractivity contribution in [3.63, 3.8) is 0 Å². The molecule has 6 rings (SSSR count). The van der Waals surface area contributed by atoms with E-state index in [1.54, 1.807) is 7.11 Å². The van der Waals surface area contributed by atoms with Crippen molar-refractivity contribution in [2.75, 3.05) is 60.0 Å². The van der Waals surface area contributed by atoms with E-state index in [1.807, 2.05) is 0 Å². The third-order valence-electron chi connectivity index (χ3n) is 7.66. The summed E-state index contributed by atoms with van der Waals surface area (Å²) in [5, 5.41) is 0. The van der Waals surface area contributed by atoms with Crippen molar-refractivity contribution in [3.05, 3.63) is 119 Å². The van der Waals surface area contributed by atoms with E-state index < -0.39 is 5.41 Å². The van der Waals surface area contributed by atoms with Crippen LogP contribution in [0.4, 0.5) is 0 Å². The maximum atomic E-state index is 5.99. The van der Waals surface area contributed by atoms with Crippen LogP contribution in [-0.2, 0) is 24.4 Å². The maximum Gasteiger partial charge on any atom is 0.119 e. The number of benzene rings is 4. The molecule has 0 radical (unpaired) electrons. The molecule has 0 spiro atoms. The van der Waals surface area contributed by atoms with Gasteiger partial charge in [-0.15, -0.1) is 0 Å². The molecule has 1 unspecified atom stereocenters. The molecule has 0 N–H and O–H groups in total. The van der Waals surface area contributed by atoms with E-state index in [4.69, 9.17) is 28.4 Å². The van der Waals surface area contributed by atoms with Gasteiger partial charge in [-0.3, -0.25) is 0 Å². The summed E-state index contributed by atoms with van der Waals surface area (Å²) in [6.07, 6.45) is 0.267. The fourth-order valence-electron chi connectivity index (χ4n) is 5.69. The van der Waals surface area contributed by atoms with E-state index in [2.05, 4.69) is 97.1 Å². The van der Waals surface area contributed by atoms with Crippen LogP contribution in [0.2, 0.25) is 0 Å². The summed E-state index contributed by atoms with van der Waals surface area (Å²) >= 11 is 0.